The number of nitrogens with zero attached hydrogens (tertiary/aromatic N) is 1. The molecule has 0 amide bonds. The van der Waals surface area contributed by atoms with E-state index in [0.29, 0.717) is 10.6 Å². The van der Waals surface area contributed by atoms with Crippen LogP contribution in [0.4, 0.5) is 5.69 Å². The maximum Gasteiger partial charge on any atom is 0.354 e. The predicted molar refractivity (Wildman–Crippen MR) is 121 cm³/mol. The van der Waals surface area contributed by atoms with Gasteiger partial charge in [-0.2, -0.15) is 0 Å². The molecule has 0 aliphatic carbocycles. The quantitative estimate of drug-likeness (QED) is 0.454. The number of carbonyl (C=O) groups is 1. The molecule has 0 atom stereocenters. The molecular formula is C22H24N2O4S2. The minimum atomic E-state index is -3.78. The smallest absolute Gasteiger partial charge is 0.354 e. The molecular weight excluding hydrogens is 420 g/mol. The number of anilines is 1. The third kappa shape index (κ3) is 4.56. The SMILES string of the molecule is CCc1sc(C(=O)Oc2ccc(N(C)C)cc2)c(-c2ccc(S(N)(=O)=O)cc2)c1C. The van der Waals surface area contributed by atoms with Gasteiger partial charge in [0.05, 0.1) is 4.90 Å². The van der Waals surface area contributed by atoms with E-state index in [1.54, 1.807) is 24.3 Å². The van der Waals surface area contributed by atoms with Crippen molar-refractivity contribution in [2.45, 2.75) is 25.2 Å². The summed E-state index contributed by atoms with van der Waals surface area (Å²) in [7, 11) is 0.0986. The minimum absolute atomic E-state index is 0.0277. The number of hydrogen-bond acceptors (Lipinski definition) is 6. The zero-order chi connectivity index (χ0) is 22.1. The van der Waals surface area contributed by atoms with Crippen LogP contribution in [0.15, 0.2) is 53.4 Å². The van der Waals surface area contributed by atoms with Crippen LogP contribution in [-0.2, 0) is 16.4 Å². The third-order valence-corrected chi connectivity index (χ3v) is 7.13. The molecule has 8 heteroatoms. The molecule has 0 spiro atoms. The van der Waals surface area contributed by atoms with E-state index in [4.69, 9.17) is 9.88 Å². The van der Waals surface area contributed by atoms with Gasteiger partial charge in [0.2, 0.25) is 10.0 Å². The number of primary sulfonamides is 1. The molecule has 0 aliphatic heterocycles. The molecule has 0 saturated carbocycles. The highest BCUT2D eigenvalue weighted by atomic mass is 32.2. The Morgan fingerprint density at radius 1 is 1.07 bits per heavy atom. The first-order chi connectivity index (χ1) is 14.1. The Morgan fingerprint density at radius 2 is 1.67 bits per heavy atom. The zero-order valence-corrected chi connectivity index (χ0v) is 18.9. The highest BCUT2D eigenvalue weighted by Gasteiger charge is 2.23. The van der Waals surface area contributed by atoms with Crippen LogP contribution >= 0.6 is 11.3 Å². The van der Waals surface area contributed by atoms with E-state index in [-0.39, 0.29) is 4.90 Å². The molecule has 2 N–H and O–H groups in total. The molecule has 0 bridgehead atoms. The number of thiophene rings is 1. The first-order valence-corrected chi connectivity index (χ1v) is 11.7. The molecule has 6 nitrogen and oxygen atoms in total. The zero-order valence-electron chi connectivity index (χ0n) is 17.3. The van der Waals surface area contributed by atoms with Gasteiger partial charge < -0.3 is 9.64 Å². The van der Waals surface area contributed by atoms with Crippen LogP contribution in [0.1, 0.15) is 27.0 Å². The number of esters is 1. The molecule has 0 saturated heterocycles. The van der Waals surface area contributed by atoms with Gasteiger partial charge in [-0.05, 0) is 60.9 Å². The molecule has 0 aliphatic rings. The van der Waals surface area contributed by atoms with Crippen molar-refractivity contribution in [3.63, 3.8) is 0 Å². The highest BCUT2D eigenvalue weighted by Crippen LogP contribution is 2.37. The van der Waals surface area contributed by atoms with Gasteiger partial charge in [-0.25, -0.2) is 18.4 Å². The Labute approximate surface area is 181 Å². The number of ether oxygens (including phenoxy) is 1. The lowest BCUT2D eigenvalue weighted by molar-refractivity contribution is 0.0740. The standard InChI is InChI=1S/C22H24N2O4S2/c1-5-19-14(2)20(15-6-12-18(13-7-15)30(23,26)27)21(29-19)22(25)28-17-10-8-16(9-11-17)24(3)4/h6-13H,5H2,1-4H3,(H2,23,26,27). The van der Waals surface area contributed by atoms with E-state index in [1.807, 2.05) is 45.0 Å². The lowest BCUT2D eigenvalue weighted by Crippen LogP contribution is -2.12. The van der Waals surface area contributed by atoms with Gasteiger partial charge >= 0.3 is 5.97 Å². The molecule has 158 valence electrons. The average molecular weight is 445 g/mol. The number of hydrogen-bond donors (Lipinski definition) is 1. The monoisotopic (exact) mass is 444 g/mol. The largest absolute Gasteiger partial charge is 0.422 e. The van der Waals surface area contributed by atoms with Crippen LogP contribution in [0, 0.1) is 6.92 Å². The average Bonchev–Trinajstić information content (AvgIpc) is 3.04. The first-order valence-electron chi connectivity index (χ1n) is 9.37. The Bertz CT molecular complexity index is 1160. The lowest BCUT2D eigenvalue weighted by Gasteiger charge is -2.12. The van der Waals surface area contributed by atoms with Crippen molar-refractivity contribution in [3.05, 3.63) is 63.8 Å². The van der Waals surface area contributed by atoms with Crippen LogP contribution in [0.2, 0.25) is 0 Å². The topological polar surface area (TPSA) is 89.7 Å². The van der Waals surface area contributed by atoms with Crippen LogP contribution in [0.25, 0.3) is 11.1 Å². The summed E-state index contributed by atoms with van der Waals surface area (Å²) in [5.41, 5.74) is 3.49. The summed E-state index contributed by atoms with van der Waals surface area (Å²) in [5, 5.41) is 5.19. The molecule has 3 aromatic rings. The van der Waals surface area contributed by atoms with Crippen LogP contribution in [0.3, 0.4) is 0 Å². The molecule has 0 unspecified atom stereocenters. The fourth-order valence-corrected chi connectivity index (χ4v) is 4.83. The van der Waals surface area contributed by atoms with Gasteiger partial charge in [0.25, 0.3) is 0 Å². The van der Waals surface area contributed by atoms with Gasteiger partial charge in [-0.15, -0.1) is 11.3 Å². The molecule has 2 aromatic carbocycles. The third-order valence-electron chi connectivity index (χ3n) is 4.79. The Hall–Kier alpha value is -2.68. The second kappa shape index (κ2) is 8.59. The van der Waals surface area contributed by atoms with Crippen LogP contribution in [0.5, 0.6) is 5.75 Å². The van der Waals surface area contributed by atoms with Gasteiger partial charge in [-0.3, -0.25) is 0 Å². The molecule has 0 radical (unpaired) electrons. The van der Waals surface area contributed by atoms with Crippen molar-refractivity contribution >= 4 is 33.0 Å². The molecule has 1 heterocycles. The summed E-state index contributed by atoms with van der Waals surface area (Å²) < 4.78 is 28.7. The summed E-state index contributed by atoms with van der Waals surface area (Å²) in [5.74, 6) is 0.0242. The van der Waals surface area contributed by atoms with Gasteiger partial charge in [0, 0.05) is 30.2 Å². The van der Waals surface area contributed by atoms with Crippen LogP contribution < -0.4 is 14.8 Å². The molecule has 1 aromatic heterocycles. The van der Waals surface area contributed by atoms with E-state index in [1.165, 1.54) is 23.5 Å². The second-order valence-corrected chi connectivity index (χ2v) is 9.72. The summed E-state index contributed by atoms with van der Waals surface area (Å²) in [4.78, 5) is 16.6. The number of carbonyl (C=O) groups excluding carboxylic acids is 1. The normalized spacial score (nSPS) is 11.4. The van der Waals surface area contributed by atoms with Crippen molar-refractivity contribution < 1.29 is 17.9 Å². The fraction of sp³-hybridized carbons (Fsp3) is 0.227. The van der Waals surface area contributed by atoms with E-state index < -0.39 is 16.0 Å². The van der Waals surface area contributed by atoms with Gasteiger partial charge in [0.1, 0.15) is 10.6 Å². The predicted octanol–water partition coefficient (Wildman–Crippen LogP) is 4.22. The molecule has 3 rings (SSSR count). The van der Waals surface area contributed by atoms with Crippen molar-refractivity contribution in [2.24, 2.45) is 5.14 Å². The number of aryl methyl sites for hydroxylation is 1. The van der Waals surface area contributed by atoms with Crippen molar-refractivity contribution in [1.82, 2.24) is 0 Å². The van der Waals surface area contributed by atoms with Crippen molar-refractivity contribution in [3.8, 4) is 16.9 Å². The first kappa shape index (κ1) is 22.0. The summed E-state index contributed by atoms with van der Waals surface area (Å²) in [6.07, 6.45) is 0.781. The molecule has 0 fully saturated rings. The maximum absolute atomic E-state index is 13.0. The number of rotatable bonds is 6. The van der Waals surface area contributed by atoms with Crippen LogP contribution in [-0.4, -0.2) is 28.5 Å². The van der Waals surface area contributed by atoms with Crippen molar-refractivity contribution in [2.75, 3.05) is 19.0 Å². The van der Waals surface area contributed by atoms with Crippen molar-refractivity contribution in [1.29, 1.82) is 0 Å². The Morgan fingerprint density at radius 3 is 2.17 bits per heavy atom. The Balaban J connectivity index is 1.97. The fourth-order valence-electron chi connectivity index (χ4n) is 3.17. The minimum Gasteiger partial charge on any atom is -0.422 e. The number of nitrogens with two attached hydrogens (primary N) is 1. The number of sulfonamides is 1. The Kier molecular flexibility index (Phi) is 6.30. The number of benzene rings is 2. The van der Waals surface area contributed by atoms with E-state index in [2.05, 4.69) is 0 Å². The second-order valence-electron chi connectivity index (χ2n) is 7.06. The summed E-state index contributed by atoms with van der Waals surface area (Å²) in [6.45, 7) is 3.99. The summed E-state index contributed by atoms with van der Waals surface area (Å²) >= 11 is 1.40. The van der Waals surface area contributed by atoms with Gasteiger partial charge in [-0.1, -0.05) is 19.1 Å². The van der Waals surface area contributed by atoms with Gasteiger partial charge in [0.15, 0.2) is 0 Å². The van der Waals surface area contributed by atoms with E-state index >= 15 is 0 Å². The van der Waals surface area contributed by atoms with E-state index in [9.17, 15) is 13.2 Å². The lowest BCUT2D eigenvalue weighted by atomic mass is 10.0. The maximum atomic E-state index is 13.0. The summed E-state index contributed by atoms with van der Waals surface area (Å²) in [6, 6.07) is 13.5. The highest BCUT2D eigenvalue weighted by molar-refractivity contribution is 7.89. The molecule has 30 heavy (non-hydrogen) atoms. The van der Waals surface area contributed by atoms with E-state index in [0.717, 1.165) is 33.7 Å².